The number of methoxy groups -OCH3 is 2. The number of hydrogen-bond donors (Lipinski definition) is 1. The van der Waals surface area contributed by atoms with Gasteiger partial charge >= 0.3 is 0 Å². The highest BCUT2D eigenvalue weighted by Gasteiger charge is 2.12. The first-order chi connectivity index (χ1) is 9.72. The second kappa shape index (κ2) is 4.77. The number of nitrogens with zero attached hydrogens (tertiary/aromatic N) is 2. The minimum absolute atomic E-state index is 0.145. The molecule has 0 aliphatic carbocycles. The first kappa shape index (κ1) is 12.3. The zero-order valence-electron chi connectivity index (χ0n) is 11.2. The van der Waals surface area contributed by atoms with E-state index < -0.39 is 0 Å². The van der Waals surface area contributed by atoms with E-state index in [-0.39, 0.29) is 5.75 Å². The fourth-order valence-corrected chi connectivity index (χ4v) is 2.14. The molecule has 20 heavy (non-hydrogen) atoms. The molecular formula is C15H14N2O3. The Bertz CT molecular complexity index is 765. The predicted octanol–water partition coefficient (Wildman–Crippen LogP) is 2.72. The van der Waals surface area contributed by atoms with Crippen molar-refractivity contribution in [3.8, 4) is 28.5 Å². The van der Waals surface area contributed by atoms with E-state index in [4.69, 9.17) is 9.47 Å². The topological polar surface area (TPSA) is 56.0 Å². The minimum Gasteiger partial charge on any atom is -0.504 e. The zero-order valence-corrected chi connectivity index (χ0v) is 11.2. The average Bonchev–Trinajstić information content (AvgIpc) is 2.92. The molecule has 0 fully saturated rings. The maximum absolute atomic E-state index is 9.81. The molecule has 0 saturated carbocycles. The first-order valence-electron chi connectivity index (χ1n) is 6.12. The molecule has 0 aliphatic rings. The molecule has 0 unspecified atom stereocenters. The third-order valence-corrected chi connectivity index (χ3v) is 3.15. The van der Waals surface area contributed by atoms with Crippen LogP contribution in [0.4, 0.5) is 0 Å². The van der Waals surface area contributed by atoms with Gasteiger partial charge in [-0.3, -0.25) is 0 Å². The number of rotatable bonds is 3. The Hall–Kier alpha value is -2.69. The van der Waals surface area contributed by atoms with Crippen LogP contribution in [-0.2, 0) is 0 Å². The fraction of sp³-hybridized carbons (Fsp3) is 0.133. The van der Waals surface area contributed by atoms with E-state index in [9.17, 15) is 5.11 Å². The quantitative estimate of drug-likeness (QED) is 0.795. The van der Waals surface area contributed by atoms with Crippen LogP contribution in [0.2, 0.25) is 0 Å². The van der Waals surface area contributed by atoms with Crippen molar-refractivity contribution in [2.75, 3.05) is 14.2 Å². The number of benzene rings is 1. The Morgan fingerprint density at radius 1 is 1.15 bits per heavy atom. The summed E-state index contributed by atoms with van der Waals surface area (Å²) < 4.78 is 12.3. The van der Waals surface area contributed by atoms with Gasteiger partial charge in [0, 0.05) is 24.0 Å². The van der Waals surface area contributed by atoms with Gasteiger partial charge in [0.1, 0.15) is 11.5 Å². The van der Waals surface area contributed by atoms with Gasteiger partial charge in [0.15, 0.2) is 11.4 Å². The molecule has 102 valence electrons. The molecule has 3 aromatic rings. The summed E-state index contributed by atoms with van der Waals surface area (Å²) in [6, 6.07) is 8.91. The SMILES string of the molecule is COc1ccc(-c2cn3cccc(O)c3n2)c(OC)c1. The monoisotopic (exact) mass is 270 g/mol. The molecule has 1 N–H and O–H groups in total. The highest BCUT2D eigenvalue weighted by molar-refractivity contribution is 5.71. The lowest BCUT2D eigenvalue weighted by Crippen LogP contribution is -1.90. The van der Waals surface area contributed by atoms with Gasteiger partial charge in [0.2, 0.25) is 0 Å². The van der Waals surface area contributed by atoms with Crippen molar-refractivity contribution in [1.29, 1.82) is 0 Å². The van der Waals surface area contributed by atoms with Crippen LogP contribution >= 0.6 is 0 Å². The molecule has 0 aliphatic heterocycles. The van der Waals surface area contributed by atoms with Gasteiger partial charge in [-0.2, -0.15) is 0 Å². The summed E-state index contributed by atoms with van der Waals surface area (Å²) in [5, 5.41) is 9.81. The number of pyridine rings is 1. The minimum atomic E-state index is 0.145. The molecule has 5 nitrogen and oxygen atoms in total. The molecule has 1 aromatic carbocycles. The van der Waals surface area contributed by atoms with Crippen LogP contribution in [0.3, 0.4) is 0 Å². The van der Waals surface area contributed by atoms with Crippen molar-refractivity contribution in [3.63, 3.8) is 0 Å². The number of aromatic nitrogens is 2. The Morgan fingerprint density at radius 3 is 2.70 bits per heavy atom. The van der Waals surface area contributed by atoms with Gasteiger partial charge in [0.25, 0.3) is 0 Å². The van der Waals surface area contributed by atoms with E-state index in [0.29, 0.717) is 11.4 Å². The normalized spacial score (nSPS) is 10.7. The summed E-state index contributed by atoms with van der Waals surface area (Å²) in [5.41, 5.74) is 2.09. The lowest BCUT2D eigenvalue weighted by Gasteiger charge is -2.08. The van der Waals surface area contributed by atoms with Crippen LogP contribution in [0.15, 0.2) is 42.7 Å². The molecular weight excluding hydrogens is 256 g/mol. The van der Waals surface area contributed by atoms with Gasteiger partial charge in [-0.25, -0.2) is 4.98 Å². The van der Waals surface area contributed by atoms with E-state index in [0.717, 1.165) is 17.0 Å². The molecule has 5 heteroatoms. The Morgan fingerprint density at radius 2 is 2.00 bits per heavy atom. The summed E-state index contributed by atoms with van der Waals surface area (Å²) in [7, 11) is 3.21. The third kappa shape index (κ3) is 1.93. The molecule has 0 saturated heterocycles. The van der Waals surface area contributed by atoms with Crippen LogP contribution in [0.5, 0.6) is 17.2 Å². The highest BCUT2D eigenvalue weighted by atomic mass is 16.5. The maximum atomic E-state index is 9.81. The Balaban J connectivity index is 2.17. The van der Waals surface area contributed by atoms with E-state index in [1.807, 2.05) is 24.5 Å². The van der Waals surface area contributed by atoms with E-state index in [2.05, 4.69) is 4.98 Å². The largest absolute Gasteiger partial charge is 0.504 e. The van der Waals surface area contributed by atoms with Crippen LogP contribution in [-0.4, -0.2) is 28.7 Å². The Kier molecular flexibility index (Phi) is 2.95. The maximum Gasteiger partial charge on any atom is 0.180 e. The van der Waals surface area contributed by atoms with Crippen molar-refractivity contribution in [1.82, 2.24) is 9.38 Å². The van der Waals surface area contributed by atoms with Crippen LogP contribution in [0.1, 0.15) is 0 Å². The van der Waals surface area contributed by atoms with Crippen molar-refractivity contribution in [2.24, 2.45) is 0 Å². The van der Waals surface area contributed by atoms with Gasteiger partial charge in [-0.1, -0.05) is 0 Å². The predicted molar refractivity (Wildman–Crippen MR) is 75.4 cm³/mol. The molecule has 0 bridgehead atoms. The lowest BCUT2D eigenvalue weighted by atomic mass is 10.1. The average molecular weight is 270 g/mol. The van der Waals surface area contributed by atoms with Gasteiger partial charge in [-0.05, 0) is 24.3 Å². The summed E-state index contributed by atoms with van der Waals surface area (Å²) in [6.07, 6.45) is 3.68. The smallest absolute Gasteiger partial charge is 0.180 e. The number of hydrogen-bond acceptors (Lipinski definition) is 4. The van der Waals surface area contributed by atoms with Crippen LogP contribution in [0.25, 0.3) is 16.9 Å². The molecule has 0 spiro atoms. The van der Waals surface area contributed by atoms with Crippen molar-refractivity contribution in [2.45, 2.75) is 0 Å². The molecule has 2 aromatic heterocycles. The summed E-state index contributed by atoms with van der Waals surface area (Å²) in [4.78, 5) is 4.44. The standard InChI is InChI=1S/C15H14N2O3/c1-19-10-5-6-11(14(8-10)20-2)12-9-17-7-3-4-13(18)15(17)16-12/h3-9,18H,1-2H3. The van der Waals surface area contributed by atoms with Crippen LogP contribution < -0.4 is 9.47 Å². The first-order valence-corrected chi connectivity index (χ1v) is 6.12. The second-order valence-corrected chi connectivity index (χ2v) is 4.32. The van der Waals surface area contributed by atoms with Crippen LogP contribution in [0, 0.1) is 0 Å². The number of imidazole rings is 1. The van der Waals surface area contributed by atoms with Gasteiger partial charge in [-0.15, -0.1) is 0 Å². The second-order valence-electron chi connectivity index (χ2n) is 4.32. The molecule has 2 heterocycles. The van der Waals surface area contributed by atoms with Crippen molar-refractivity contribution >= 4 is 5.65 Å². The molecule has 3 rings (SSSR count). The third-order valence-electron chi connectivity index (χ3n) is 3.15. The summed E-state index contributed by atoms with van der Waals surface area (Å²) in [6.45, 7) is 0. The van der Waals surface area contributed by atoms with Crippen molar-refractivity contribution < 1.29 is 14.6 Å². The molecule has 0 amide bonds. The summed E-state index contributed by atoms with van der Waals surface area (Å²) >= 11 is 0. The molecule has 0 radical (unpaired) electrons. The molecule has 0 atom stereocenters. The van der Waals surface area contributed by atoms with Crippen molar-refractivity contribution in [3.05, 3.63) is 42.7 Å². The zero-order chi connectivity index (χ0) is 14.1. The Labute approximate surface area is 116 Å². The number of fused-ring (bicyclic) bond motifs is 1. The number of aromatic hydroxyl groups is 1. The summed E-state index contributed by atoms with van der Waals surface area (Å²) in [5.74, 6) is 1.54. The van der Waals surface area contributed by atoms with Gasteiger partial charge < -0.3 is 19.0 Å². The number of ether oxygens (including phenoxy) is 2. The fourth-order valence-electron chi connectivity index (χ4n) is 2.14. The van der Waals surface area contributed by atoms with Gasteiger partial charge in [0.05, 0.1) is 19.9 Å². The lowest BCUT2D eigenvalue weighted by molar-refractivity contribution is 0.395. The van der Waals surface area contributed by atoms with E-state index in [1.54, 1.807) is 36.8 Å². The highest BCUT2D eigenvalue weighted by Crippen LogP contribution is 2.33. The van der Waals surface area contributed by atoms with E-state index in [1.165, 1.54) is 0 Å². The van der Waals surface area contributed by atoms with E-state index >= 15 is 0 Å².